The Balaban J connectivity index is 4.22. The summed E-state index contributed by atoms with van der Waals surface area (Å²) in [6, 6.07) is 0. The van der Waals surface area contributed by atoms with Gasteiger partial charge in [0.15, 0.2) is 5.78 Å². The van der Waals surface area contributed by atoms with Gasteiger partial charge in [0.05, 0.1) is 0 Å². The Morgan fingerprint density at radius 3 is 2.08 bits per heavy atom. The van der Waals surface area contributed by atoms with Gasteiger partial charge in [0.2, 0.25) is 0 Å². The minimum absolute atomic E-state index is 0.00634. The second-order valence-electron chi connectivity index (χ2n) is 3.88. The standard InChI is InChI=1S/C11H22O2/c1-5-9(4)8-10(12)11(13,6-2)7-3/h9,13H,5-8H2,1-4H3. The number of carbonyl (C=O) groups is 1. The molecule has 0 aliphatic carbocycles. The van der Waals surface area contributed by atoms with Gasteiger partial charge in [0, 0.05) is 6.42 Å². The van der Waals surface area contributed by atoms with Crippen molar-refractivity contribution in [1.29, 1.82) is 0 Å². The van der Waals surface area contributed by atoms with E-state index in [-0.39, 0.29) is 5.78 Å². The fourth-order valence-electron chi connectivity index (χ4n) is 1.30. The highest BCUT2D eigenvalue weighted by Crippen LogP contribution is 2.21. The van der Waals surface area contributed by atoms with E-state index >= 15 is 0 Å². The van der Waals surface area contributed by atoms with Gasteiger partial charge in [0.25, 0.3) is 0 Å². The van der Waals surface area contributed by atoms with Crippen LogP contribution in [0.25, 0.3) is 0 Å². The quantitative estimate of drug-likeness (QED) is 0.692. The Kier molecular flexibility index (Phi) is 5.23. The summed E-state index contributed by atoms with van der Waals surface area (Å²) in [4.78, 5) is 11.6. The minimum atomic E-state index is -1.07. The van der Waals surface area contributed by atoms with Gasteiger partial charge in [-0.3, -0.25) is 4.79 Å². The Hall–Kier alpha value is -0.370. The molecule has 2 heteroatoms. The summed E-state index contributed by atoms with van der Waals surface area (Å²) in [6.45, 7) is 7.83. The maximum Gasteiger partial charge on any atom is 0.164 e. The van der Waals surface area contributed by atoms with Gasteiger partial charge in [-0.25, -0.2) is 0 Å². The van der Waals surface area contributed by atoms with Gasteiger partial charge >= 0.3 is 0 Å². The molecular weight excluding hydrogens is 164 g/mol. The first-order chi connectivity index (χ1) is 6.00. The Bertz CT molecular complexity index is 159. The van der Waals surface area contributed by atoms with Crippen molar-refractivity contribution in [1.82, 2.24) is 0 Å². The number of rotatable bonds is 6. The van der Waals surface area contributed by atoms with Crippen molar-refractivity contribution in [3.8, 4) is 0 Å². The molecule has 0 aromatic rings. The molecule has 0 aromatic heterocycles. The highest BCUT2D eigenvalue weighted by Gasteiger charge is 2.31. The van der Waals surface area contributed by atoms with E-state index in [2.05, 4.69) is 6.92 Å². The van der Waals surface area contributed by atoms with Crippen molar-refractivity contribution in [2.24, 2.45) is 5.92 Å². The minimum Gasteiger partial charge on any atom is -0.382 e. The van der Waals surface area contributed by atoms with Crippen molar-refractivity contribution < 1.29 is 9.90 Å². The lowest BCUT2D eigenvalue weighted by Gasteiger charge is -2.24. The molecule has 0 saturated heterocycles. The summed E-state index contributed by atoms with van der Waals surface area (Å²) >= 11 is 0. The molecule has 2 nitrogen and oxygen atoms in total. The monoisotopic (exact) mass is 186 g/mol. The van der Waals surface area contributed by atoms with E-state index in [4.69, 9.17) is 0 Å². The third-order valence-electron chi connectivity index (χ3n) is 2.92. The van der Waals surface area contributed by atoms with E-state index in [1.165, 1.54) is 0 Å². The maximum absolute atomic E-state index is 11.6. The number of hydrogen-bond donors (Lipinski definition) is 1. The molecule has 1 unspecified atom stereocenters. The number of hydrogen-bond acceptors (Lipinski definition) is 2. The van der Waals surface area contributed by atoms with Crippen LogP contribution in [0.3, 0.4) is 0 Å². The van der Waals surface area contributed by atoms with Gasteiger partial charge in [-0.2, -0.15) is 0 Å². The van der Waals surface area contributed by atoms with Crippen molar-refractivity contribution >= 4 is 5.78 Å². The van der Waals surface area contributed by atoms with Crippen molar-refractivity contribution in [2.45, 2.75) is 59.0 Å². The summed E-state index contributed by atoms with van der Waals surface area (Å²) < 4.78 is 0. The van der Waals surface area contributed by atoms with Crippen LogP contribution in [-0.2, 0) is 4.79 Å². The zero-order valence-electron chi connectivity index (χ0n) is 9.26. The fraction of sp³-hybridized carbons (Fsp3) is 0.909. The molecule has 0 heterocycles. The molecule has 13 heavy (non-hydrogen) atoms. The molecular formula is C11H22O2. The molecule has 0 rings (SSSR count). The molecule has 0 saturated carbocycles. The van der Waals surface area contributed by atoms with Crippen LogP contribution in [0.5, 0.6) is 0 Å². The summed E-state index contributed by atoms with van der Waals surface area (Å²) in [5.41, 5.74) is -1.07. The fourth-order valence-corrected chi connectivity index (χ4v) is 1.30. The highest BCUT2D eigenvalue weighted by atomic mass is 16.3. The molecule has 78 valence electrons. The van der Waals surface area contributed by atoms with Gasteiger partial charge < -0.3 is 5.11 Å². The zero-order chi connectivity index (χ0) is 10.5. The van der Waals surface area contributed by atoms with Crippen LogP contribution in [0.4, 0.5) is 0 Å². The van der Waals surface area contributed by atoms with Crippen molar-refractivity contribution in [3.05, 3.63) is 0 Å². The molecule has 0 spiro atoms. The van der Waals surface area contributed by atoms with Crippen LogP contribution in [0.15, 0.2) is 0 Å². The number of ketones is 1. The summed E-state index contributed by atoms with van der Waals surface area (Å²) in [5, 5.41) is 9.89. The SMILES string of the molecule is CCC(C)CC(=O)C(O)(CC)CC. The predicted octanol–water partition coefficient (Wildman–Crippen LogP) is 2.54. The van der Waals surface area contributed by atoms with Gasteiger partial charge in [0.1, 0.15) is 5.60 Å². The molecule has 0 aliphatic rings. The maximum atomic E-state index is 11.6. The molecule has 0 radical (unpaired) electrons. The molecule has 0 aromatic carbocycles. The first kappa shape index (κ1) is 12.6. The Labute approximate surface area is 81.3 Å². The first-order valence-corrected chi connectivity index (χ1v) is 5.25. The van der Waals surface area contributed by atoms with Crippen LogP contribution in [0.2, 0.25) is 0 Å². The molecule has 0 fully saturated rings. The molecule has 0 aliphatic heterocycles. The number of carbonyl (C=O) groups excluding carboxylic acids is 1. The Morgan fingerprint density at radius 2 is 1.77 bits per heavy atom. The second-order valence-corrected chi connectivity index (χ2v) is 3.88. The number of aliphatic hydroxyl groups is 1. The smallest absolute Gasteiger partial charge is 0.164 e. The largest absolute Gasteiger partial charge is 0.382 e. The lowest BCUT2D eigenvalue weighted by Crippen LogP contribution is -2.37. The average molecular weight is 186 g/mol. The van der Waals surface area contributed by atoms with Gasteiger partial charge in [-0.05, 0) is 18.8 Å². The lowest BCUT2D eigenvalue weighted by molar-refractivity contribution is -0.139. The number of Topliss-reactive ketones (excluding diaryl/α,β-unsaturated/α-hetero) is 1. The second kappa shape index (κ2) is 5.38. The normalized spacial score (nSPS) is 14.2. The van der Waals surface area contributed by atoms with Gasteiger partial charge in [-0.1, -0.05) is 34.1 Å². The van der Waals surface area contributed by atoms with E-state index < -0.39 is 5.60 Å². The van der Waals surface area contributed by atoms with E-state index in [0.29, 0.717) is 25.2 Å². The third-order valence-corrected chi connectivity index (χ3v) is 2.92. The van der Waals surface area contributed by atoms with E-state index in [1.807, 2.05) is 20.8 Å². The lowest BCUT2D eigenvalue weighted by atomic mass is 9.86. The first-order valence-electron chi connectivity index (χ1n) is 5.25. The average Bonchev–Trinajstić information content (AvgIpc) is 2.16. The van der Waals surface area contributed by atoms with Crippen LogP contribution in [0, 0.1) is 5.92 Å². The Morgan fingerprint density at radius 1 is 1.31 bits per heavy atom. The molecule has 1 atom stereocenters. The molecule has 0 bridgehead atoms. The topological polar surface area (TPSA) is 37.3 Å². The summed E-state index contributed by atoms with van der Waals surface area (Å²) in [5.74, 6) is 0.393. The molecule has 0 amide bonds. The highest BCUT2D eigenvalue weighted by molar-refractivity contribution is 5.87. The van der Waals surface area contributed by atoms with Crippen molar-refractivity contribution in [3.63, 3.8) is 0 Å². The summed E-state index contributed by atoms with van der Waals surface area (Å²) in [6.07, 6.45) is 2.56. The van der Waals surface area contributed by atoms with Crippen LogP contribution in [0.1, 0.15) is 53.4 Å². The van der Waals surface area contributed by atoms with Gasteiger partial charge in [-0.15, -0.1) is 0 Å². The van der Waals surface area contributed by atoms with Crippen LogP contribution >= 0.6 is 0 Å². The van der Waals surface area contributed by atoms with Crippen LogP contribution < -0.4 is 0 Å². The third kappa shape index (κ3) is 3.47. The van der Waals surface area contributed by atoms with Crippen LogP contribution in [-0.4, -0.2) is 16.5 Å². The van der Waals surface area contributed by atoms with E-state index in [1.54, 1.807) is 0 Å². The zero-order valence-corrected chi connectivity index (χ0v) is 9.26. The summed E-state index contributed by atoms with van der Waals surface area (Å²) in [7, 11) is 0. The van der Waals surface area contributed by atoms with Crippen molar-refractivity contribution in [2.75, 3.05) is 0 Å². The predicted molar refractivity (Wildman–Crippen MR) is 54.6 cm³/mol. The van der Waals surface area contributed by atoms with E-state index in [0.717, 1.165) is 6.42 Å². The van der Waals surface area contributed by atoms with E-state index in [9.17, 15) is 9.90 Å². The molecule has 1 N–H and O–H groups in total.